The average Bonchev–Trinajstić information content (AvgIpc) is 2.86. The minimum Gasteiger partial charge on any atom is -0.497 e. The van der Waals surface area contributed by atoms with Gasteiger partial charge in [0, 0.05) is 18.2 Å². The molecule has 0 aliphatic carbocycles. The third kappa shape index (κ3) is 4.55. The van der Waals surface area contributed by atoms with Crippen LogP contribution in [-0.4, -0.2) is 22.8 Å². The van der Waals surface area contributed by atoms with Crippen molar-refractivity contribution in [2.45, 2.75) is 13.0 Å². The maximum atomic E-state index is 13.5. The molecule has 4 aromatic rings. The van der Waals surface area contributed by atoms with Crippen LogP contribution >= 0.6 is 0 Å². The Morgan fingerprint density at radius 1 is 0.909 bits per heavy atom. The molecule has 3 aromatic carbocycles. The third-order valence-electron chi connectivity index (χ3n) is 5.54. The van der Waals surface area contributed by atoms with Crippen LogP contribution in [0.2, 0.25) is 0 Å². The molecule has 1 amide bonds. The van der Waals surface area contributed by atoms with Gasteiger partial charge >= 0.3 is 0 Å². The first kappa shape index (κ1) is 22.0. The molecule has 1 atom stereocenters. The number of carbonyl (C=O) groups is 1. The van der Waals surface area contributed by atoms with E-state index in [1.807, 2.05) is 91.9 Å². The molecule has 4 rings (SSSR count). The summed E-state index contributed by atoms with van der Waals surface area (Å²) in [5, 5.41) is 7.52. The monoisotopic (exact) mass is 439 g/mol. The summed E-state index contributed by atoms with van der Waals surface area (Å²) in [6, 6.07) is 26.1. The summed E-state index contributed by atoms with van der Waals surface area (Å²) >= 11 is 0. The zero-order valence-corrected chi connectivity index (χ0v) is 18.8. The quantitative estimate of drug-likeness (QED) is 0.476. The molecule has 0 radical (unpaired) electrons. The summed E-state index contributed by atoms with van der Waals surface area (Å²) in [7, 11) is 3.17. The lowest BCUT2D eigenvalue weighted by Crippen LogP contribution is -2.35. The third-order valence-corrected chi connectivity index (χ3v) is 5.54. The molecule has 6 heteroatoms. The van der Waals surface area contributed by atoms with E-state index >= 15 is 0 Å². The molecule has 166 valence electrons. The number of methoxy groups -OCH3 is 1. The minimum absolute atomic E-state index is 0.0675. The summed E-state index contributed by atoms with van der Waals surface area (Å²) < 4.78 is 6.43. The van der Waals surface area contributed by atoms with Crippen molar-refractivity contribution < 1.29 is 9.53 Å². The van der Waals surface area contributed by atoms with Crippen molar-refractivity contribution in [3.63, 3.8) is 0 Å². The Morgan fingerprint density at radius 3 is 2.06 bits per heavy atom. The largest absolute Gasteiger partial charge is 0.497 e. The van der Waals surface area contributed by atoms with Gasteiger partial charge in [0.2, 0.25) is 0 Å². The predicted octanol–water partition coefficient (Wildman–Crippen LogP) is 4.61. The Kier molecular flexibility index (Phi) is 6.36. The molecule has 1 unspecified atom stereocenters. The van der Waals surface area contributed by atoms with Crippen LogP contribution in [0.3, 0.4) is 0 Å². The number of rotatable bonds is 6. The van der Waals surface area contributed by atoms with E-state index in [-0.39, 0.29) is 11.6 Å². The number of nitrogens with zero attached hydrogens (tertiary/aromatic N) is 2. The first-order valence-corrected chi connectivity index (χ1v) is 10.7. The van der Waals surface area contributed by atoms with Crippen LogP contribution in [0.25, 0.3) is 22.4 Å². The lowest BCUT2D eigenvalue weighted by Gasteiger charge is -2.19. The summed E-state index contributed by atoms with van der Waals surface area (Å²) in [5.41, 5.74) is 3.19. The summed E-state index contributed by atoms with van der Waals surface area (Å²) in [4.78, 5) is 26.7. The molecule has 1 aromatic heterocycles. The van der Waals surface area contributed by atoms with Crippen LogP contribution in [0.4, 0.5) is 0 Å². The van der Waals surface area contributed by atoms with Gasteiger partial charge in [0.15, 0.2) is 0 Å². The van der Waals surface area contributed by atoms with E-state index < -0.39 is 11.5 Å². The van der Waals surface area contributed by atoms with Crippen molar-refractivity contribution in [3.8, 4) is 28.1 Å². The van der Waals surface area contributed by atoms with Gasteiger partial charge in [-0.15, -0.1) is 0 Å². The zero-order valence-electron chi connectivity index (χ0n) is 18.8. The van der Waals surface area contributed by atoms with Crippen LogP contribution in [0.5, 0.6) is 5.75 Å². The Bertz CT molecular complexity index is 1310. The fourth-order valence-electron chi connectivity index (χ4n) is 3.77. The van der Waals surface area contributed by atoms with Gasteiger partial charge < -0.3 is 10.1 Å². The van der Waals surface area contributed by atoms with Crippen LogP contribution in [-0.2, 0) is 7.05 Å². The second-order valence-electron chi connectivity index (χ2n) is 7.73. The molecule has 33 heavy (non-hydrogen) atoms. The summed E-state index contributed by atoms with van der Waals surface area (Å²) in [5.74, 6) is 0.288. The van der Waals surface area contributed by atoms with Gasteiger partial charge in [0.05, 0.1) is 18.8 Å². The topological polar surface area (TPSA) is 73.2 Å². The highest BCUT2D eigenvalue weighted by Gasteiger charge is 2.25. The first-order chi connectivity index (χ1) is 16.0. The van der Waals surface area contributed by atoms with E-state index in [1.54, 1.807) is 14.2 Å². The van der Waals surface area contributed by atoms with Gasteiger partial charge in [0.25, 0.3) is 11.5 Å². The minimum atomic E-state index is -0.451. The number of ether oxygens (including phenoxy) is 1. The van der Waals surface area contributed by atoms with Crippen molar-refractivity contribution in [1.29, 1.82) is 0 Å². The van der Waals surface area contributed by atoms with Gasteiger partial charge in [-0.25, -0.2) is 4.68 Å². The number of hydrogen-bond donors (Lipinski definition) is 1. The second kappa shape index (κ2) is 9.53. The van der Waals surface area contributed by atoms with E-state index in [2.05, 4.69) is 10.4 Å². The molecule has 0 aliphatic heterocycles. The van der Waals surface area contributed by atoms with Gasteiger partial charge in [-0.2, -0.15) is 5.10 Å². The van der Waals surface area contributed by atoms with Crippen molar-refractivity contribution in [2.75, 3.05) is 7.11 Å². The number of benzene rings is 3. The molecule has 0 bridgehead atoms. The van der Waals surface area contributed by atoms with Crippen LogP contribution in [0.15, 0.2) is 89.7 Å². The van der Waals surface area contributed by atoms with Crippen molar-refractivity contribution in [3.05, 3.63) is 106 Å². The normalized spacial score (nSPS) is 11.6. The van der Waals surface area contributed by atoms with Crippen LogP contribution in [0.1, 0.15) is 28.9 Å². The van der Waals surface area contributed by atoms with Crippen molar-refractivity contribution in [1.82, 2.24) is 15.1 Å². The smallest absolute Gasteiger partial charge is 0.280 e. The molecule has 6 nitrogen and oxygen atoms in total. The number of nitrogens with one attached hydrogen (secondary N) is 1. The number of aromatic nitrogens is 2. The van der Waals surface area contributed by atoms with Gasteiger partial charge in [-0.1, -0.05) is 72.8 Å². The van der Waals surface area contributed by atoms with Crippen LogP contribution in [0, 0.1) is 0 Å². The molecule has 0 saturated heterocycles. The average molecular weight is 440 g/mol. The number of carbonyl (C=O) groups excluding carboxylic acids is 1. The zero-order chi connectivity index (χ0) is 23.4. The lowest BCUT2D eigenvalue weighted by atomic mass is 9.95. The Morgan fingerprint density at radius 2 is 1.48 bits per heavy atom. The molecular weight excluding hydrogens is 414 g/mol. The molecule has 0 saturated carbocycles. The standard InChI is InChI=1S/C27H25N3O3/c1-18(19-14-16-22(33-3)17-15-19)28-26(31)24-23(20-10-6-4-7-11-20)25(29-30(2)27(24)32)21-12-8-5-9-13-21/h4-18H,1-3H3,(H,28,31). The van der Waals surface area contributed by atoms with E-state index in [0.29, 0.717) is 11.3 Å². The van der Waals surface area contributed by atoms with Crippen molar-refractivity contribution in [2.24, 2.45) is 7.05 Å². The Balaban J connectivity index is 1.83. The van der Waals surface area contributed by atoms with Gasteiger partial charge in [0.1, 0.15) is 11.3 Å². The number of amides is 1. The van der Waals surface area contributed by atoms with Gasteiger partial charge in [-0.3, -0.25) is 9.59 Å². The fourth-order valence-corrected chi connectivity index (χ4v) is 3.77. The Labute approximate surface area is 192 Å². The molecule has 1 heterocycles. The van der Waals surface area contributed by atoms with Crippen LogP contribution < -0.4 is 15.6 Å². The highest BCUT2D eigenvalue weighted by atomic mass is 16.5. The van der Waals surface area contributed by atoms with Gasteiger partial charge in [-0.05, 0) is 30.2 Å². The second-order valence-corrected chi connectivity index (χ2v) is 7.73. The summed E-state index contributed by atoms with van der Waals surface area (Å²) in [6.07, 6.45) is 0. The maximum Gasteiger partial charge on any atom is 0.280 e. The highest BCUT2D eigenvalue weighted by Crippen LogP contribution is 2.32. The number of aryl methyl sites for hydroxylation is 1. The fraction of sp³-hybridized carbons (Fsp3) is 0.148. The van der Waals surface area contributed by atoms with E-state index in [1.165, 1.54) is 4.68 Å². The maximum absolute atomic E-state index is 13.5. The van der Waals surface area contributed by atoms with Crippen molar-refractivity contribution >= 4 is 5.91 Å². The van der Waals surface area contributed by atoms with E-state index in [0.717, 1.165) is 22.4 Å². The SMILES string of the molecule is COc1ccc(C(C)NC(=O)c2c(-c3ccccc3)c(-c3ccccc3)nn(C)c2=O)cc1. The number of hydrogen-bond acceptors (Lipinski definition) is 4. The predicted molar refractivity (Wildman–Crippen MR) is 129 cm³/mol. The Hall–Kier alpha value is -4.19. The molecule has 0 aliphatic rings. The highest BCUT2D eigenvalue weighted by molar-refractivity contribution is 6.03. The molecular formula is C27H25N3O3. The van der Waals surface area contributed by atoms with E-state index in [9.17, 15) is 9.59 Å². The molecule has 1 N–H and O–H groups in total. The molecule has 0 spiro atoms. The lowest BCUT2D eigenvalue weighted by molar-refractivity contribution is 0.0938. The molecule has 0 fully saturated rings. The first-order valence-electron chi connectivity index (χ1n) is 10.7. The van der Waals surface area contributed by atoms with E-state index in [4.69, 9.17) is 4.74 Å². The summed E-state index contributed by atoms with van der Waals surface area (Å²) in [6.45, 7) is 1.88.